The molecule has 2 heterocycles. The SMILES string of the molecule is CCOC(=O)c1c(N2CCN(C(=O)c3ccc(Cl)c(Cl)c3)CC2)c2ccccc2n(CCCNNC)c1=O. The molecular formula is C27H31Cl2N5O4. The van der Waals surface area contributed by atoms with Crippen molar-refractivity contribution in [3.05, 3.63) is 74.0 Å². The molecule has 4 rings (SSSR count). The summed E-state index contributed by atoms with van der Waals surface area (Å²) in [7, 11) is 1.78. The van der Waals surface area contributed by atoms with Gasteiger partial charge in [-0.15, -0.1) is 0 Å². The zero-order valence-corrected chi connectivity index (χ0v) is 22.9. The van der Waals surface area contributed by atoms with Crippen LogP contribution in [0, 0.1) is 0 Å². The number of hydrogen-bond donors (Lipinski definition) is 2. The number of aryl methyl sites for hydroxylation is 1. The number of nitrogens with zero attached hydrogens (tertiary/aromatic N) is 3. The lowest BCUT2D eigenvalue weighted by atomic mass is 10.1. The molecule has 0 atom stereocenters. The summed E-state index contributed by atoms with van der Waals surface area (Å²) in [5.74, 6) is -0.793. The van der Waals surface area contributed by atoms with Gasteiger partial charge in [-0.3, -0.25) is 20.4 Å². The van der Waals surface area contributed by atoms with E-state index in [9.17, 15) is 14.4 Å². The molecule has 38 heavy (non-hydrogen) atoms. The van der Waals surface area contributed by atoms with Gasteiger partial charge in [0.2, 0.25) is 0 Å². The highest BCUT2D eigenvalue weighted by molar-refractivity contribution is 6.42. The third-order valence-corrected chi connectivity index (χ3v) is 7.27. The van der Waals surface area contributed by atoms with E-state index in [1.807, 2.05) is 29.2 Å². The van der Waals surface area contributed by atoms with Crippen LogP contribution >= 0.6 is 23.2 Å². The van der Waals surface area contributed by atoms with Crippen molar-refractivity contribution in [1.29, 1.82) is 0 Å². The van der Waals surface area contributed by atoms with Gasteiger partial charge in [0.15, 0.2) is 0 Å². The third kappa shape index (κ3) is 5.81. The summed E-state index contributed by atoms with van der Waals surface area (Å²) in [5.41, 5.74) is 7.30. The number of anilines is 1. The normalized spacial score (nSPS) is 13.7. The molecule has 0 bridgehead atoms. The van der Waals surface area contributed by atoms with Crippen LogP contribution in [0.15, 0.2) is 47.3 Å². The largest absolute Gasteiger partial charge is 0.462 e. The summed E-state index contributed by atoms with van der Waals surface area (Å²) < 4.78 is 6.98. The van der Waals surface area contributed by atoms with Crippen LogP contribution in [-0.2, 0) is 11.3 Å². The first kappa shape index (κ1) is 27.9. The number of carbonyl (C=O) groups is 2. The van der Waals surface area contributed by atoms with Crippen LogP contribution in [0.3, 0.4) is 0 Å². The standard InChI is InChI=1S/C27H31Cl2N5O4/c1-3-38-27(37)23-24(19-7-4-5-8-22(19)34(26(23)36)12-6-11-31-30-2)32-13-15-33(16-14-32)25(35)18-9-10-20(28)21(29)17-18/h4-5,7-10,17,30-31H,3,6,11-16H2,1-2H3. The predicted molar refractivity (Wildman–Crippen MR) is 150 cm³/mol. The number of piperazine rings is 1. The number of para-hydroxylation sites is 1. The molecule has 2 aromatic carbocycles. The van der Waals surface area contributed by atoms with Crippen molar-refractivity contribution in [2.75, 3.05) is 51.3 Å². The fraction of sp³-hybridized carbons (Fsp3) is 0.370. The first-order valence-corrected chi connectivity index (χ1v) is 13.3. The van der Waals surface area contributed by atoms with E-state index >= 15 is 0 Å². The number of halogens is 2. The monoisotopic (exact) mass is 559 g/mol. The summed E-state index contributed by atoms with van der Waals surface area (Å²) in [6.45, 7) is 4.67. The molecule has 1 aliphatic rings. The number of carbonyl (C=O) groups excluding carboxylic acids is 2. The molecule has 202 valence electrons. The third-order valence-electron chi connectivity index (χ3n) is 6.54. The van der Waals surface area contributed by atoms with Gasteiger partial charge >= 0.3 is 5.97 Å². The van der Waals surface area contributed by atoms with Crippen molar-refractivity contribution in [1.82, 2.24) is 20.3 Å². The van der Waals surface area contributed by atoms with E-state index in [1.165, 1.54) is 0 Å². The molecule has 9 nitrogen and oxygen atoms in total. The van der Waals surface area contributed by atoms with Gasteiger partial charge < -0.3 is 19.1 Å². The molecule has 11 heteroatoms. The van der Waals surface area contributed by atoms with Gasteiger partial charge in [-0.05, 0) is 44.7 Å². The first-order valence-electron chi connectivity index (χ1n) is 12.6. The molecule has 1 fully saturated rings. The van der Waals surface area contributed by atoms with Gasteiger partial charge in [-0.1, -0.05) is 41.4 Å². The smallest absolute Gasteiger partial charge is 0.345 e. The van der Waals surface area contributed by atoms with E-state index in [0.29, 0.717) is 67.0 Å². The zero-order valence-electron chi connectivity index (χ0n) is 21.4. The summed E-state index contributed by atoms with van der Waals surface area (Å²) in [6.07, 6.45) is 0.682. The maximum Gasteiger partial charge on any atom is 0.345 e. The molecule has 3 aromatic rings. The number of ether oxygens (including phenoxy) is 1. The number of benzene rings is 2. The van der Waals surface area contributed by atoms with Gasteiger partial charge in [-0.2, -0.15) is 0 Å². The Morgan fingerprint density at radius 2 is 1.76 bits per heavy atom. The van der Waals surface area contributed by atoms with E-state index in [4.69, 9.17) is 27.9 Å². The minimum absolute atomic E-state index is 0.0244. The first-order chi connectivity index (χ1) is 18.4. The van der Waals surface area contributed by atoms with E-state index in [1.54, 1.807) is 41.6 Å². The Morgan fingerprint density at radius 3 is 2.45 bits per heavy atom. The predicted octanol–water partition coefficient (Wildman–Crippen LogP) is 3.56. The van der Waals surface area contributed by atoms with Crippen molar-refractivity contribution < 1.29 is 14.3 Å². The Morgan fingerprint density at radius 1 is 1.03 bits per heavy atom. The van der Waals surface area contributed by atoms with Crippen LogP contribution in [0.2, 0.25) is 10.0 Å². The van der Waals surface area contributed by atoms with Gasteiger partial charge in [0, 0.05) is 50.2 Å². The molecule has 0 unspecified atom stereocenters. The number of rotatable bonds is 9. The highest BCUT2D eigenvalue weighted by atomic mass is 35.5. The number of hydrogen-bond acceptors (Lipinski definition) is 7. The number of pyridine rings is 1. The van der Waals surface area contributed by atoms with E-state index in [0.717, 1.165) is 10.9 Å². The number of hydrazine groups is 1. The summed E-state index contributed by atoms with van der Waals surface area (Å²) in [6, 6.07) is 12.4. The minimum Gasteiger partial charge on any atom is -0.462 e. The summed E-state index contributed by atoms with van der Waals surface area (Å²) >= 11 is 12.1. The average molecular weight is 560 g/mol. The Hall–Kier alpha value is -3.11. The molecule has 1 saturated heterocycles. The Labute approximate surface area is 231 Å². The molecular weight excluding hydrogens is 529 g/mol. The molecule has 2 N–H and O–H groups in total. The Kier molecular flexibility index (Phi) is 9.27. The Bertz CT molecular complexity index is 1390. The van der Waals surface area contributed by atoms with Crippen LogP contribution in [0.25, 0.3) is 10.9 Å². The van der Waals surface area contributed by atoms with Crippen LogP contribution < -0.4 is 21.3 Å². The number of aromatic nitrogens is 1. The van der Waals surface area contributed by atoms with E-state index in [2.05, 4.69) is 10.9 Å². The number of nitrogens with one attached hydrogen (secondary N) is 2. The van der Waals surface area contributed by atoms with Crippen molar-refractivity contribution in [3.63, 3.8) is 0 Å². The van der Waals surface area contributed by atoms with Crippen molar-refractivity contribution >= 4 is 51.7 Å². The number of fused-ring (bicyclic) bond motifs is 1. The second kappa shape index (κ2) is 12.6. The van der Waals surface area contributed by atoms with E-state index < -0.39 is 5.97 Å². The Balaban J connectivity index is 1.68. The fourth-order valence-corrected chi connectivity index (χ4v) is 5.02. The lowest BCUT2D eigenvalue weighted by molar-refractivity contribution is 0.0523. The van der Waals surface area contributed by atoms with Crippen LogP contribution in [0.4, 0.5) is 5.69 Å². The van der Waals surface area contributed by atoms with Crippen molar-refractivity contribution in [2.24, 2.45) is 0 Å². The van der Waals surface area contributed by atoms with Crippen molar-refractivity contribution in [3.8, 4) is 0 Å². The molecule has 1 amide bonds. The lowest BCUT2D eigenvalue weighted by Crippen LogP contribution is -2.49. The highest BCUT2D eigenvalue weighted by Gasteiger charge is 2.30. The van der Waals surface area contributed by atoms with Crippen LogP contribution in [0.1, 0.15) is 34.1 Å². The van der Waals surface area contributed by atoms with Crippen molar-refractivity contribution in [2.45, 2.75) is 19.9 Å². The minimum atomic E-state index is -0.644. The molecule has 0 saturated carbocycles. The fourth-order valence-electron chi connectivity index (χ4n) is 4.72. The number of esters is 1. The topological polar surface area (TPSA) is 95.9 Å². The average Bonchev–Trinajstić information content (AvgIpc) is 2.93. The maximum absolute atomic E-state index is 13.8. The molecule has 1 aliphatic heterocycles. The van der Waals surface area contributed by atoms with Gasteiger partial charge in [-0.25, -0.2) is 4.79 Å². The summed E-state index contributed by atoms with van der Waals surface area (Å²) in [5, 5.41) is 1.50. The lowest BCUT2D eigenvalue weighted by Gasteiger charge is -2.37. The van der Waals surface area contributed by atoms with Gasteiger partial charge in [0.25, 0.3) is 11.5 Å². The molecule has 0 spiro atoms. The van der Waals surface area contributed by atoms with E-state index in [-0.39, 0.29) is 23.6 Å². The number of amides is 1. The molecule has 0 aliphatic carbocycles. The second-order valence-corrected chi connectivity index (χ2v) is 9.67. The molecule has 1 aromatic heterocycles. The maximum atomic E-state index is 13.8. The quantitative estimate of drug-likeness (QED) is 0.235. The van der Waals surface area contributed by atoms with Gasteiger partial charge in [0.05, 0.1) is 27.9 Å². The van der Waals surface area contributed by atoms with Gasteiger partial charge in [0.1, 0.15) is 5.56 Å². The summed E-state index contributed by atoms with van der Waals surface area (Å²) in [4.78, 5) is 43.7. The van der Waals surface area contributed by atoms with Crippen LogP contribution in [0.5, 0.6) is 0 Å². The highest BCUT2D eigenvalue weighted by Crippen LogP contribution is 2.31. The molecule has 0 radical (unpaired) electrons. The zero-order chi connectivity index (χ0) is 27.2. The second-order valence-electron chi connectivity index (χ2n) is 8.86. The van der Waals surface area contributed by atoms with Crippen LogP contribution in [-0.4, -0.2) is 67.7 Å².